The maximum absolute atomic E-state index is 4.91. The zero-order chi connectivity index (χ0) is 16.6. The Morgan fingerprint density at radius 3 is 0.762 bits per heavy atom. The summed E-state index contributed by atoms with van der Waals surface area (Å²) >= 11 is 19.6. The maximum Gasteiger partial charge on any atom is 0.0220 e. The summed E-state index contributed by atoms with van der Waals surface area (Å²) in [5.74, 6) is 0. The third-order valence-corrected chi connectivity index (χ3v) is 3.49. The molecule has 0 rings (SSSR count). The predicted octanol–water partition coefficient (Wildman–Crippen LogP) is 3.87. The van der Waals surface area contributed by atoms with E-state index in [9.17, 15) is 0 Å². The summed E-state index contributed by atoms with van der Waals surface area (Å²) in [4.78, 5) is 4.09. The van der Waals surface area contributed by atoms with Gasteiger partial charge in [-0.05, 0) is 55.4 Å². The molecule has 0 spiro atoms. The van der Waals surface area contributed by atoms with Gasteiger partial charge in [-0.3, -0.25) is 0 Å². The first-order chi connectivity index (χ1) is 8.93. The Bertz CT molecular complexity index is 261. The Morgan fingerprint density at radius 1 is 0.619 bits per heavy atom. The molecule has 0 atom stereocenters. The van der Waals surface area contributed by atoms with E-state index in [2.05, 4.69) is 55.4 Å². The molecule has 0 aromatic heterocycles. The van der Waals surface area contributed by atoms with Gasteiger partial charge in [0.25, 0.3) is 0 Å². The van der Waals surface area contributed by atoms with Crippen molar-refractivity contribution in [2.45, 2.75) is 79.6 Å². The van der Waals surface area contributed by atoms with Crippen molar-refractivity contribution in [1.82, 2.24) is 9.80 Å². The molecule has 0 N–H and O–H groups in total. The summed E-state index contributed by atoms with van der Waals surface area (Å²) in [5, 5.41) is 0. The average Bonchev–Trinajstić information content (AvgIpc) is 2.12. The fraction of sp³-hybridized carbons (Fsp3) is 0.857. The molecule has 0 radical (unpaired) electrons. The molecule has 7 heteroatoms. The van der Waals surface area contributed by atoms with Crippen molar-refractivity contribution >= 4 is 58.3 Å². The molecule has 0 amide bonds. The molecule has 0 unspecified atom stereocenters. The van der Waals surface area contributed by atoms with Gasteiger partial charge < -0.3 is 59.5 Å². The van der Waals surface area contributed by atoms with E-state index in [1.54, 1.807) is 0 Å². The quantitative estimate of drug-likeness (QED) is 0.386. The van der Waals surface area contributed by atoms with Gasteiger partial charge in [-0.15, -0.1) is 0 Å². The number of hydrogen-bond acceptors (Lipinski definition) is 4. The molecule has 122 valence electrons. The molecule has 0 aliphatic carbocycles. The van der Waals surface area contributed by atoms with E-state index in [4.69, 9.17) is 49.7 Å². The molecule has 0 aliphatic rings. The maximum atomic E-state index is 4.91. The summed E-state index contributed by atoms with van der Waals surface area (Å²) in [7, 11) is 0. The van der Waals surface area contributed by atoms with Gasteiger partial charge in [-0.1, -0.05) is 8.64 Å². The first-order valence-electron chi connectivity index (χ1n) is 6.92. The SMILES string of the molecule is CC(C)N(C(=S)[S-])C(C)C.CC(C)N(C(=S)[S-])C(C)C.[Zn]. The smallest absolute Gasteiger partial charge is 0.0220 e. The second kappa shape index (κ2) is 13.3. The van der Waals surface area contributed by atoms with Crippen LogP contribution >= 0.6 is 24.4 Å². The number of thiocarbonyl (C=S) groups is 2. The molecule has 0 saturated heterocycles. The third-order valence-electron chi connectivity index (χ3n) is 2.65. The minimum Gasteiger partial charge on any atom is -0.411 e. The Hall–Kier alpha value is 0.843. The van der Waals surface area contributed by atoms with E-state index in [0.717, 1.165) is 0 Å². The molecule has 0 saturated carbocycles. The first kappa shape index (κ1) is 26.7. The van der Waals surface area contributed by atoms with Crippen molar-refractivity contribution in [2.75, 3.05) is 0 Å². The van der Waals surface area contributed by atoms with Crippen molar-refractivity contribution in [2.24, 2.45) is 0 Å². The van der Waals surface area contributed by atoms with E-state index >= 15 is 0 Å². The van der Waals surface area contributed by atoms with Gasteiger partial charge in [-0.25, -0.2) is 0 Å². The fourth-order valence-electron chi connectivity index (χ4n) is 2.04. The van der Waals surface area contributed by atoms with Crippen LogP contribution in [-0.2, 0) is 44.7 Å². The van der Waals surface area contributed by atoms with Crippen molar-refractivity contribution in [1.29, 1.82) is 0 Å². The molecular formula is C14H28N2S4Zn-2. The normalized spacial score (nSPS) is 10.1. The average molecular weight is 418 g/mol. The van der Waals surface area contributed by atoms with E-state index in [1.165, 1.54) is 0 Å². The summed E-state index contributed by atoms with van der Waals surface area (Å²) in [6.07, 6.45) is 0. The molecule has 0 aliphatic heterocycles. The predicted molar refractivity (Wildman–Crippen MR) is 104 cm³/mol. The van der Waals surface area contributed by atoms with Crippen LogP contribution in [0.5, 0.6) is 0 Å². The van der Waals surface area contributed by atoms with Crippen molar-refractivity contribution in [3.05, 3.63) is 0 Å². The second-order valence-corrected chi connectivity index (χ2v) is 7.78. The van der Waals surface area contributed by atoms with Crippen molar-refractivity contribution in [3.63, 3.8) is 0 Å². The molecule has 2 nitrogen and oxygen atoms in total. The summed E-state index contributed by atoms with van der Waals surface area (Å²) in [6.45, 7) is 16.8. The van der Waals surface area contributed by atoms with Gasteiger partial charge in [0.2, 0.25) is 0 Å². The number of nitrogens with zero attached hydrogens (tertiary/aromatic N) is 2. The van der Waals surface area contributed by atoms with Crippen LogP contribution in [0.2, 0.25) is 0 Å². The van der Waals surface area contributed by atoms with Crippen LogP contribution in [0, 0.1) is 0 Å². The van der Waals surface area contributed by atoms with Crippen LogP contribution < -0.4 is 0 Å². The second-order valence-electron chi connectivity index (χ2n) is 5.72. The minimum absolute atomic E-state index is 0. The molecule has 0 aromatic rings. The Morgan fingerprint density at radius 2 is 0.762 bits per heavy atom. The van der Waals surface area contributed by atoms with Crippen molar-refractivity contribution in [3.8, 4) is 0 Å². The van der Waals surface area contributed by atoms with Crippen LogP contribution in [-0.4, -0.2) is 42.6 Å². The van der Waals surface area contributed by atoms with Crippen LogP contribution in [0.25, 0.3) is 0 Å². The van der Waals surface area contributed by atoms with Crippen LogP contribution in [0.1, 0.15) is 55.4 Å². The Balaban J connectivity index is -0.000000295. The Labute approximate surface area is 166 Å². The van der Waals surface area contributed by atoms with Gasteiger partial charge >= 0.3 is 0 Å². The molecule has 0 bridgehead atoms. The number of rotatable bonds is 4. The molecule has 0 aromatic carbocycles. The van der Waals surface area contributed by atoms with Gasteiger partial charge in [0.1, 0.15) is 0 Å². The topological polar surface area (TPSA) is 6.48 Å². The summed E-state index contributed by atoms with van der Waals surface area (Å²) in [6, 6.07) is 1.69. The monoisotopic (exact) mass is 416 g/mol. The summed E-state index contributed by atoms with van der Waals surface area (Å²) < 4.78 is 1.15. The van der Waals surface area contributed by atoms with E-state index < -0.39 is 0 Å². The minimum atomic E-state index is 0. The van der Waals surface area contributed by atoms with Crippen LogP contribution in [0.3, 0.4) is 0 Å². The van der Waals surface area contributed by atoms with Gasteiger partial charge in [0.15, 0.2) is 0 Å². The van der Waals surface area contributed by atoms with Gasteiger partial charge in [-0.2, -0.15) is 0 Å². The Kier molecular flexibility index (Phi) is 16.9. The summed E-state index contributed by atoms with van der Waals surface area (Å²) in [5.41, 5.74) is 0. The van der Waals surface area contributed by atoms with E-state index in [-0.39, 0.29) is 19.5 Å². The molecule has 0 heterocycles. The first-order valence-corrected chi connectivity index (χ1v) is 8.55. The molecule has 0 fully saturated rings. The van der Waals surface area contributed by atoms with Crippen LogP contribution in [0.15, 0.2) is 0 Å². The van der Waals surface area contributed by atoms with E-state index in [0.29, 0.717) is 32.8 Å². The van der Waals surface area contributed by atoms with Gasteiger partial charge in [0.05, 0.1) is 0 Å². The van der Waals surface area contributed by atoms with Crippen molar-refractivity contribution < 1.29 is 19.5 Å². The van der Waals surface area contributed by atoms with Crippen LogP contribution in [0.4, 0.5) is 0 Å². The van der Waals surface area contributed by atoms with E-state index in [1.807, 2.05) is 9.80 Å². The fourth-order valence-corrected chi connectivity index (χ4v) is 3.72. The largest absolute Gasteiger partial charge is 0.411 e. The zero-order valence-electron chi connectivity index (χ0n) is 14.5. The van der Waals surface area contributed by atoms with Gasteiger partial charge in [0, 0.05) is 43.6 Å². The zero-order valence-corrected chi connectivity index (χ0v) is 20.8. The standard InChI is InChI=1S/2C7H15NS2.Zn/c2*1-5(2)8(6(3)4)7(9)10;/h2*5-6H,1-4H3,(H,9,10);/p-2. The third kappa shape index (κ3) is 12.0. The number of hydrogen-bond donors (Lipinski definition) is 0. The molecule has 21 heavy (non-hydrogen) atoms. The molecular weight excluding hydrogens is 390 g/mol.